The smallest absolute Gasteiger partial charge is 0.273 e. The first-order valence-electron chi connectivity index (χ1n) is 9.80. The molecule has 1 aliphatic rings. The van der Waals surface area contributed by atoms with Gasteiger partial charge in [0.15, 0.2) is 11.5 Å². The van der Waals surface area contributed by atoms with Gasteiger partial charge in [0, 0.05) is 11.6 Å². The van der Waals surface area contributed by atoms with Crippen LogP contribution in [0.25, 0.3) is 11.3 Å². The third-order valence-corrected chi connectivity index (χ3v) is 5.19. The minimum absolute atomic E-state index is 0.00659. The topological polar surface area (TPSA) is 73.6 Å². The van der Waals surface area contributed by atoms with Gasteiger partial charge in [-0.05, 0) is 49.1 Å². The second-order valence-electron chi connectivity index (χ2n) is 7.15. The monoisotopic (exact) mass is 392 g/mol. The lowest BCUT2D eigenvalue weighted by atomic mass is 10.1. The lowest BCUT2D eigenvalue weighted by Gasteiger charge is -2.21. The van der Waals surface area contributed by atoms with Gasteiger partial charge in [-0.3, -0.25) is 4.79 Å². The Hall–Kier alpha value is -3.12. The first-order valence-corrected chi connectivity index (χ1v) is 9.80. The van der Waals surface area contributed by atoms with Crippen molar-refractivity contribution in [1.82, 2.24) is 10.5 Å². The quantitative estimate of drug-likeness (QED) is 0.652. The average Bonchev–Trinajstić information content (AvgIpc) is 3.43. The molecule has 0 saturated heterocycles. The molecule has 0 unspecified atom stereocenters. The molecule has 3 aromatic rings. The number of amides is 1. The summed E-state index contributed by atoms with van der Waals surface area (Å²) in [6, 6.07) is 19.1. The minimum atomic E-state index is -0.242. The molecule has 29 heavy (non-hydrogen) atoms. The number of rotatable bonds is 7. The van der Waals surface area contributed by atoms with E-state index in [9.17, 15) is 4.79 Å². The largest absolute Gasteiger partial charge is 0.497 e. The van der Waals surface area contributed by atoms with E-state index in [1.165, 1.54) is 0 Å². The molecule has 0 spiro atoms. The van der Waals surface area contributed by atoms with Gasteiger partial charge in [0.25, 0.3) is 5.91 Å². The molecule has 2 atom stereocenters. The van der Waals surface area contributed by atoms with E-state index >= 15 is 0 Å². The van der Waals surface area contributed by atoms with Crippen LogP contribution in [0.5, 0.6) is 5.75 Å². The van der Waals surface area contributed by atoms with Crippen LogP contribution in [0.15, 0.2) is 65.2 Å². The molecule has 1 aliphatic carbocycles. The molecular weight excluding hydrogens is 368 g/mol. The number of benzene rings is 2. The Morgan fingerprint density at radius 1 is 1.14 bits per heavy atom. The fraction of sp³-hybridized carbons (Fsp3) is 0.304. The fourth-order valence-electron chi connectivity index (χ4n) is 3.58. The maximum absolute atomic E-state index is 12.7. The van der Waals surface area contributed by atoms with Gasteiger partial charge >= 0.3 is 0 Å². The second kappa shape index (κ2) is 8.92. The molecule has 1 N–H and O–H groups in total. The zero-order valence-electron chi connectivity index (χ0n) is 16.3. The molecule has 1 aromatic heterocycles. The summed E-state index contributed by atoms with van der Waals surface area (Å²) < 4.78 is 16.6. The van der Waals surface area contributed by atoms with Crippen LogP contribution in [0, 0.1) is 0 Å². The molecule has 150 valence electrons. The van der Waals surface area contributed by atoms with Gasteiger partial charge in [-0.25, -0.2) is 0 Å². The molecule has 6 nitrogen and oxygen atoms in total. The van der Waals surface area contributed by atoms with E-state index < -0.39 is 0 Å². The van der Waals surface area contributed by atoms with Crippen molar-refractivity contribution in [3.8, 4) is 17.1 Å². The summed E-state index contributed by atoms with van der Waals surface area (Å²) in [5, 5.41) is 6.99. The van der Waals surface area contributed by atoms with E-state index in [1.54, 1.807) is 13.2 Å². The van der Waals surface area contributed by atoms with Crippen LogP contribution in [-0.2, 0) is 11.3 Å². The first kappa shape index (κ1) is 19.2. The van der Waals surface area contributed by atoms with Gasteiger partial charge in [-0.15, -0.1) is 0 Å². The first-order chi connectivity index (χ1) is 14.2. The van der Waals surface area contributed by atoms with Gasteiger partial charge in [0.2, 0.25) is 0 Å². The normalized spacial score (nSPS) is 18.5. The van der Waals surface area contributed by atoms with Crippen LogP contribution in [0.4, 0.5) is 0 Å². The highest BCUT2D eigenvalue weighted by atomic mass is 16.5. The lowest BCUT2D eigenvalue weighted by molar-refractivity contribution is 0.0271. The van der Waals surface area contributed by atoms with E-state index in [1.807, 2.05) is 54.6 Å². The number of carbonyl (C=O) groups is 1. The molecule has 1 fully saturated rings. The molecule has 0 radical (unpaired) electrons. The predicted molar refractivity (Wildman–Crippen MR) is 109 cm³/mol. The second-order valence-corrected chi connectivity index (χ2v) is 7.15. The Balaban J connectivity index is 1.36. The van der Waals surface area contributed by atoms with Gasteiger partial charge in [0.1, 0.15) is 5.75 Å². The summed E-state index contributed by atoms with van der Waals surface area (Å²) >= 11 is 0. The van der Waals surface area contributed by atoms with Gasteiger partial charge in [-0.2, -0.15) is 0 Å². The van der Waals surface area contributed by atoms with Gasteiger partial charge < -0.3 is 19.3 Å². The highest BCUT2D eigenvalue weighted by Gasteiger charge is 2.30. The van der Waals surface area contributed by atoms with Crippen molar-refractivity contribution in [2.24, 2.45) is 0 Å². The number of ether oxygens (including phenoxy) is 2. The Morgan fingerprint density at radius 3 is 2.69 bits per heavy atom. The van der Waals surface area contributed by atoms with E-state index in [4.69, 9.17) is 14.0 Å². The number of aromatic nitrogens is 1. The van der Waals surface area contributed by atoms with E-state index in [2.05, 4.69) is 10.5 Å². The van der Waals surface area contributed by atoms with E-state index in [0.29, 0.717) is 12.4 Å². The van der Waals surface area contributed by atoms with Crippen molar-refractivity contribution in [3.05, 3.63) is 71.9 Å². The lowest BCUT2D eigenvalue weighted by Crippen LogP contribution is -2.41. The molecule has 1 saturated carbocycles. The summed E-state index contributed by atoms with van der Waals surface area (Å²) in [6.07, 6.45) is 2.87. The SMILES string of the molecule is COc1ccc(-c2cc(C(=O)N[C@H]3CCC[C@@H]3OCc3ccccc3)no2)cc1. The van der Waals surface area contributed by atoms with Crippen molar-refractivity contribution in [1.29, 1.82) is 0 Å². The Bertz CT molecular complexity index is 937. The number of carbonyl (C=O) groups excluding carboxylic acids is 1. The standard InChI is InChI=1S/C23H24N2O4/c1-27-18-12-10-17(11-13-18)22-14-20(25-29-22)23(26)24-19-8-5-9-21(19)28-15-16-6-3-2-4-7-16/h2-4,6-7,10-14,19,21H,5,8-9,15H2,1H3,(H,24,26)/t19-,21-/m0/s1. The molecule has 6 heteroatoms. The molecule has 4 rings (SSSR count). The highest BCUT2D eigenvalue weighted by molar-refractivity contribution is 5.93. The number of nitrogens with zero attached hydrogens (tertiary/aromatic N) is 1. The van der Waals surface area contributed by atoms with Crippen LogP contribution in [0.1, 0.15) is 35.3 Å². The Labute approximate surface area is 169 Å². The molecular formula is C23H24N2O4. The molecule has 2 aromatic carbocycles. The van der Waals surface area contributed by atoms with Crippen molar-refractivity contribution >= 4 is 5.91 Å². The Morgan fingerprint density at radius 2 is 1.93 bits per heavy atom. The van der Waals surface area contributed by atoms with Crippen LogP contribution in [0.3, 0.4) is 0 Å². The van der Waals surface area contributed by atoms with Crippen molar-refractivity contribution in [2.75, 3.05) is 7.11 Å². The highest BCUT2D eigenvalue weighted by Crippen LogP contribution is 2.25. The van der Waals surface area contributed by atoms with Crippen molar-refractivity contribution in [3.63, 3.8) is 0 Å². The molecule has 0 aliphatic heterocycles. The number of hydrogen-bond acceptors (Lipinski definition) is 5. The average molecular weight is 392 g/mol. The zero-order chi connectivity index (χ0) is 20.1. The fourth-order valence-corrected chi connectivity index (χ4v) is 3.58. The maximum atomic E-state index is 12.7. The van der Waals surface area contributed by atoms with E-state index in [0.717, 1.165) is 36.1 Å². The number of hydrogen-bond donors (Lipinski definition) is 1. The van der Waals surface area contributed by atoms with Crippen molar-refractivity contribution in [2.45, 2.75) is 38.0 Å². The number of nitrogens with one attached hydrogen (secondary N) is 1. The summed E-state index contributed by atoms with van der Waals surface area (Å²) in [5.41, 5.74) is 2.23. The number of methoxy groups -OCH3 is 1. The molecule has 1 amide bonds. The van der Waals surface area contributed by atoms with Gasteiger partial charge in [-0.1, -0.05) is 35.5 Å². The third-order valence-electron chi connectivity index (χ3n) is 5.19. The van der Waals surface area contributed by atoms with Crippen LogP contribution >= 0.6 is 0 Å². The predicted octanol–water partition coefficient (Wildman–Crippen LogP) is 4.22. The van der Waals surface area contributed by atoms with Gasteiger partial charge in [0.05, 0.1) is 25.9 Å². The summed E-state index contributed by atoms with van der Waals surface area (Å²) in [7, 11) is 1.62. The maximum Gasteiger partial charge on any atom is 0.273 e. The van der Waals surface area contributed by atoms with E-state index in [-0.39, 0.29) is 23.7 Å². The summed E-state index contributed by atoms with van der Waals surface area (Å²) in [5.74, 6) is 1.06. The van der Waals surface area contributed by atoms with Crippen LogP contribution < -0.4 is 10.1 Å². The van der Waals surface area contributed by atoms with Crippen LogP contribution in [0.2, 0.25) is 0 Å². The molecule has 0 bridgehead atoms. The Kier molecular flexibility index (Phi) is 5.91. The third kappa shape index (κ3) is 4.66. The van der Waals surface area contributed by atoms with Crippen LogP contribution in [-0.4, -0.2) is 30.3 Å². The summed E-state index contributed by atoms with van der Waals surface area (Å²) in [4.78, 5) is 12.7. The summed E-state index contributed by atoms with van der Waals surface area (Å²) in [6.45, 7) is 0.545. The van der Waals surface area contributed by atoms with Crippen molar-refractivity contribution < 1.29 is 18.8 Å². The molecule has 1 heterocycles. The minimum Gasteiger partial charge on any atom is -0.497 e. The zero-order valence-corrected chi connectivity index (χ0v) is 16.3.